The van der Waals surface area contributed by atoms with Gasteiger partial charge in [-0.05, 0) is 37.1 Å². The summed E-state index contributed by atoms with van der Waals surface area (Å²) in [5.41, 5.74) is 1.84. The second kappa shape index (κ2) is 9.75. The van der Waals surface area contributed by atoms with Crippen molar-refractivity contribution in [3.8, 4) is 0 Å². The number of aryl methyl sites for hydroxylation is 2. The number of rotatable bonds is 5. The summed E-state index contributed by atoms with van der Waals surface area (Å²) in [6, 6.07) is 3.63. The minimum absolute atomic E-state index is 0.0149. The van der Waals surface area contributed by atoms with Gasteiger partial charge in [-0.25, -0.2) is 18.9 Å². The molecular formula is C17H24N4O9P+. The Morgan fingerprint density at radius 2 is 1.71 bits per heavy atom. The van der Waals surface area contributed by atoms with Crippen molar-refractivity contribution >= 4 is 30.0 Å². The van der Waals surface area contributed by atoms with Crippen molar-refractivity contribution in [2.75, 3.05) is 13.7 Å². The van der Waals surface area contributed by atoms with Gasteiger partial charge in [-0.15, -0.1) is 0 Å². The van der Waals surface area contributed by atoms with Crippen LogP contribution in [-0.4, -0.2) is 66.0 Å². The van der Waals surface area contributed by atoms with Crippen molar-refractivity contribution in [1.29, 1.82) is 0 Å². The van der Waals surface area contributed by atoms with Crippen LogP contribution in [0.4, 0.5) is 0 Å². The van der Waals surface area contributed by atoms with Gasteiger partial charge in [0, 0.05) is 7.11 Å². The lowest BCUT2D eigenvalue weighted by Crippen LogP contribution is -2.48. The molecule has 0 aliphatic heterocycles. The first-order valence-corrected chi connectivity index (χ1v) is 10.5. The maximum atomic E-state index is 12.1. The molecule has 0 amide bonds. The number of hydrogen-bond acceptors (Lipinski definition) is 8. The number of phosphoric ester groups is 1. The number of aromatic nitrogens is 4. The van der Waals surface area contributed by atoms with Crippen molar-refractivity contribution in [2.24, 2.45) is 0 Å². The molecule has 0 bridgehead atoms. The highest BCUT2D eigenvalue weighted by Crippen LogP contribution is 2.33. The molecule has 2 heterocycles. The van der Waals surface area contributed by atoms with Gasteiger partial charge < -0.3 is 25.1 Å². The van der Waals surface area contributed by atoms with Gasteiger partial charge in [0.1, 0.15) is 24.3 Å². The molecule has 0 aliphatic rings. The molecule has 0 spiro atoms. The van der Waals surface area contributed by atoms with Gasteiger partial charge in [0.2, 0.25) is 5.52 Å². The third-order valence-electron chi connectivity index (χ3n) is 4.52. The van der Waals surface area contributed by atoms with Crippen LogP contribution in [0.5, 0.6) is 0 Å². The van der Waals surface area contributed by atoms with E-state index in [1.54, 1.807) is 6.07 Å². The Kier molecular flexibility index (Phi) is 7.78. The lowest BCUT2D eigenvalue weighted by molar-refractivity contribution is -0.656. The third kappa shape index (κ3) is 6.02. The van der Waals surface area contributed by atoms with Crippen LogP contribution in [0.1, 0.15) is 11.1 Å². The molecule has 1 aromatic carbocycles. The van der Waals surface area contributed by atoms with E-state index < -0.39 is 37.9 Å². The van der Waals surface area contributed by atoms with Gasteiger partial charge in [-0.1, -0.05) is 0 Å². The Balaban J connectivity index is 0.000000501. The van der Waals surface area contributed by atoms with E-state index in [-0.39, 0.29) is 17.7 Å². The number of fused-ring (bicyclic) bond motifs is 2. The van der Waals surface area contributed by atoms with Gasteiger partial charge in [0.05, 0.1) is 6.61 Å². The molecule has 0 saturated heterocycles. The summed E-state index contributed by atoms with van der Waals surface area (Å²) in [4.78, 5) is 48.2. The van der Waals surface area contributed by atoms with Crippen molar-refractivity contribution in [3.63, 3.8) is 0 Å². The lowest BCUT2D eigenvalue weighted by atomic mass is 10.1. The van der Waals surface area contributed by atoms with Gasteiger partial charge >= 0.3 is 19.2 Å². The fourth-order valence-electron chi connectivity index (χ4n) is 2.72. The molecule has 31 heavy (non-hydrogen) atoms. The summed E-state index contributed by atoms with van der Waals surface area (Å²) in [5.74, 6) is 0. The average Bonchev–Trinajstić information content (AvgIpc) is 2.69. The van der Waals surface area contributed by atoms with Gasteiger partial charge in [-0.2, -0.15) is 4.98 Å². The summed E-state index contributed by atoms with van der Waals surface area (Å²) in [7, 11) is -3.20. The van der Waals surface area contributed by atoms with Gasteiger partial charge in [0.15, 0.2) is 5.52 Å². The Labute approximate surface area is 174 Å². The zero-order valence-electron chi connectivity index (χ0n) is 16.9. The zero-order chi connectivity index (χ0) is 23.5. The molecule has 3 rings (SSSR count). The maximum absolute atomic E-state index is 12.1. The Hall–Kier alpha value is -2.51. The molecule has 0 unspecified atom stereocenters. The topological polar surface area (TPSA) is 210 Å². The molecule has 170 valence electrons. The van der Waals surface area contributed by atoms with E-state index in [1.165, 1.54) is 4.57 Å². The number of benzene rings is 1. The molecule has 2 aromatic heterocycles. The highest BCUT2D eigenvalue weighted by Gasteiger charge is 2.24. The van der Waals surface area contributed by atoms with Crippen molar-refractivity contribution in [3.05, 3.63) is 44.1 Å². The fraction of sp³-hybridized carbons (Fsp3) is 0.412. The van der Waals surface area contributed by atoms with E-state index >= 15 is 0 Å². The SMILES string of the molecule is COP(=O)(O)O.Cc1cc2nc3c(=O)[nH]c(=O)[nH]c3[n+](C[C@H](O)[C@H](O)CO)c2cc1C. The fourth-order valence-corrected chi connectivity index (χ4v) is 2.72. The molecule has 7 N–H and O–H groups in total. The van der Waals surface area contributed by atoms with E-state index in [2.05, 4.69) is 19.5 Å². The number of aliphatic hydroxyl groups is 3. The molecule has 0 saturated carbocycles. The minimum Gasteiger partial charge on any atom is -0.394 e. The van der Waals surface area contributed by atoms with Crippen molar-refractivity contribution in [1.82, 2.24) is 15.0 Å². The smallest absolute Gasteiger partial charge is 0.394 e. The molecule has 3 aromatic rings. The number of hydrogen-bond donors (Lipinski definition) is 7. The van der Waals surface area contributed by atoms with Crippen LogP contribution < -0.4 is 15.8 Å². The second-order valence-corrected chi connectivity index (χ2v) is 8.09. The van der Waals surface area contributed by atoms with Crippen LogP contribution in [0, 0.1) is 13.8 Å². The first-order valence-electron chi connectivity index (χ1n) is 8.93. The van der Waals surface area contributed by atoms with Crippen molar-refractivity contribution < 1.29 is 38.8 Å². The number of aromatic amines is 2. The molecule has 0 fully saturated rings. The first-order chi connectivity index (χ1) is 14.4. The highest BCUT2D eigenvalue weighted by molar-refractivity contribution is 7.46. The van der Waals surface area contributed by atoms with Crippen LogP contribution in [0.3, 0.4) is 0 Å². The molecule has 2 atom stereocenters. The third-order valence-corrected chi connectivity index (χ3v) is 5.00. The van der Waals surface area contributed by atoms with E-state index in [0.717, 1.165) is 18.2 Å². The predicted molar refractivity (Wildman–Crippen MR) is 108 cm³/mol. The monoisotopic (exact) mass is 459 g/mol. The summed E-state index contributed by atoms with van der Waals surface area (Å²) in [6.07, 6.45) is -2.65. The summed E-state index contributed by atoms with van der Waals surface area (Å²) in [5, 5.41) is 28.8. The average molecular weight is 459 g/mol. The molecule has 0 aliphatic carbocycles. The largest absolute Gasteiger partial charge is 0.469 e. The van der Waals surface area contributed by atoms with Crippen LogP contribution in [0.2, 0.25) is 0 Å². The Morgan fingerprint density at radius 3 is 2.26 bits per heavy atom. The maximum Gasteiger partial charge on any atom is 0.469 e. The minimum atomic E-state index is -4.15. The normalized spacial score (nSPS) is 13.7. The summed E-state index contributed by atoms with van der Waals surface area (Å²) >= 11 is 0. The predicted octanol–water partition coefficient (Wildman–Crippen LogP) is -1.89. The van der Waals surface area contributed by atoms with Gasteiger partial charge in [-0.3, -0.25) is 14.3 Å². The number of nitrogens with one attached hydrogen (secondary N) is 2. The molecule has 14 heteroatoms. The van der Waals surface area contributed by atoms with E-state index in [4.69, 9.17) is 14.9 Å². The summed E-state index contributed by atoms with van der Waals surface area (Å²) < 4.78 is 14.6. The second-order valence-electron chi connectivity index (χ2n) is 6.74. The van der Waals surface area contributed by atoms with Crippen LogP contribution in [0.25, 0.3) is 22.2 Å². The number of phosphoric acid groups is 1. The van der Waals surface area contributed by atoms with E-state index in [9.17, 15) is 24.4 Å². The quantitative estimate of drug-likeness (QED) is 0.128. The lowest BCUT2D eigenvalue weighted by Gasteiger charge is -2.16. The highest BCUT2D eigenvalue weighted by atomic mass is 31.2. The van der Waals surface area contributed by atoms with Crippen molar-refractivity contribution in [2.45, 2.75) is 32.6 Å². The standard InChI is InChI=1S/C16H18N4O5.CH5O4P/c1-7-3-9-10(4-8(7)2)20(5-11(22)12(23)6-21)14-13(17-9)15(24)19-16(25)18-14;1-5-6(2,3)4/h3-4,11-12,21-23H,5-6H2,1-2H3,(H,19,24,25);1H3,(H2,2,3,4)/p+1/t11-,12+;/m0./s1. The Morgan fingerprint density at radius 1 is 1.13 bits per heavy atom. The molecule has 13 nitrogen and oxygen atoms in total. The van der Waals surface area contributed by atoms with Crippen LogP contribution in [-0.2, 0) is 15.6 Å². The zero-order valence-corrected chi connectivity index (χ0v) is 17.8. The summed E-state index contributed by atoms with van der Waals surface area (Å²) in [6.45, 7) is 3.06. The number of aliphatic hydroxyl groups excluding tert-OH is 3. The Bertz CT molecular complexity index is 1250. The van der Waals surface area contributed by atoms with Gasteiger partial charge in [0.25, 0.3) is 5.56 Å². The van der Waals surface area contributed by atoms with E-state index in [1.807, 2.05) is 19.9 Å². The molecule has 0 radical (unpaired) electrons. The number of H-pyrrole nitrogens is 2. The first kappa shape index (κ1) is 24.8. The van der Waals surface area contributed by atoms with Crippen LogP contribution >= 0.6 is 7.82 Å². The van der Waals surface area contributed by atoms with E-state index in [0.29, 0.717) is 11.0 Å². The van der Waals surface area contributed by atoms with Crippen LogP contribution in [0.15, 0.2) is 21.7 Å². The number of nitrogens with zero attached hydrogens (tertiary/aromatic N) is 2. The molecular weight excluding hydrogens is 435 g/mol.